The number of rotatable bonds is 5. The van der Waals surface area contributed by atoms with E-state index in [2.05, 4.69) is 16.0 Å². The summed E-state index contributed by atoms with van der Waals surface area (Å²) in [5.41, 5.74) is 0. The Morgan fingerprint density at radius 1 is 1.30 bits per heavy atom. The van der Waals surface area contributed by atoms with Crippen molar-refractivity contribution in [3.05, 3.63) is 0 Å². The third kappa shape index (κ3) is 5.56. The molecule has 2 aliphatic rings. The third-order valence-electron chi connectivity index (χ3n) is 4.57. The molecule has 0 radical (unpaired) electrons. The maximum Gasteiger partial charge on any atom is 0.317 e. The summed E-state index contributed by atoms with van der Waals surface area (Å²) in [4.78, 5) is 52.3. The molecule has 0 aromatic carbocycles. The molecule has 2 unspecified atom stereocenters. The Kier molecular flexibility index (Phi) is 7.40. The van der Waals surface area contributed by atoms with Crippen LogP contribution in [0.2, 0.25) is 0 Å². The molecule has 0 aromatic heterocycles. The van der Waals surface area contributed by atoms with Crippen LogP contribution in [-0.4, -0.2) is 91.6 Å². The normalized spacial score (nSPS) is 23.0. The SMILES string of the molecule is COCC(=O)N1CCN(C(=O)NC(C)C)CC1C(=O)NC1CCCNC1=O. The van der Waals surface area contributed by atoms with E-state index >= 15 is 0 Å². The lowest BCUT2D eigenvalue weighted by Gasteiger charge is -2.41. The number of nitrogens with zero attached hydrogens (tertiary/aromatic N) is 2. The predicted octanol–water partition coefficient (Wildman–Crippen LogP) is -1.34. The molecule has 2 saturated heterocycles. The molecule has 5 amide bonds. The van der Waals surface area contributed by atoms with Gasteiger partial charge < -0.3 is 30.5 Å². The number of piperidine rings is 1. The Labute approximate surface area is 158 Å². The van der Waals surface area contributed by atoms with Crippen LogP contribution in [0.3, 0.4) is 0 Å². The zero-order valence-electron chi connectivity index (χ0n) is 16.1. The Balaban J connectivity index is 2.10. The largest absolute Gasteiger partial charge is 0.375 e. The average Bonchev–Trinajstić information content (AvgIpc) is 2.62. The zero-order chi connectivity index (χ0) is 20.0. The van der Waals surface area contributed by atoms with Gasteiger partial charge in [-0.2, -0.15) is 0 Å². The van der Waals surface area contributed by atoms with Crippen LogP contribution in [0.4, 0.5) is 4.79 Å². The number of urea groups is 1. The van der Waals surface area contributed by atoms with E-state index in [4.69, 9.17) is 4.74 Å². The number of carbonyl (C=O) groups excluding carboxylic acids is 4. The van der Waals surface area contributed by atoms with E-state index in [1.54, 1.807) is 0 Å². The second-order valence-electron chi connectivity index (χ2n) is 7.08. The summed E-state index contributed by atoms with van der Waals surface area (Å²) in [5.74, 6) is -0.993. The summed E-state index contributed by atoms with van der Waals surface area (Å²) in [5, 5.41) is 8.23. The molecule has 3 N–H and O–H groups in total. The molecule has 27 heavy (non-hydrogen) atoms. The highest BCUT2D eigenvalue weighted by molar-refractivity contribution is 5.93. The average molecular weight is 383 g/mol. The van der Waals surface area contributed by atoms with Gasteiger partial charge in [0, 0.05) is 32.8 Å². The molecule has 2 rings (SSSR count). The van der Waals surface area contributed by atoms with Gasteiger partial charge in [-0.05, 0) is 26.7 Å². The molecule has 152 valence electrons. The lowest BCUT2D eigenvalue weighted by molar-refractivity contribution is -0.146. The summed E-state index contributed by atoms with van der Waals surface area (Å²) in [7, 11) is 1.41. The van der Waals surface area contributed by atoms with Crippen LogP contribution in [0, 0.1) is 0 Å². The minimum atomic E-state index is -0.867. The first-order chi connectivity index (χ1) is 12.8. The van der Waals surface area contributed by atoms with Crippen molar-refractivity contribution in [1.29, 1.82) is 0 Å². The number of hydrogen-bond acceptors (Lipinski definition) is 5. The molecule has 0 aromatic rings. The maximum atomic E-state index is 12.8. The Morgan fingerprint density at radius 2 is 2.04 bits per heavy atom. The van der Waals surface area contributed by atoms with Crippen LogP contribution in [0.5, 0.6) is 0 Å². The highest BCUT2D eigenvalue weighted by Gasteiger charge is 2.38. The lowest BCUT2D eigenvalue weighted by atomic mass is 10.1. The van der Waals surface area contributed by atoms with Crippen molar-refractivity contribution in [2.45, 2.75) is 44.8 Å². The lowest BCUT2D eigenvalue weighted by Crippen LogP contribution is -2.65. The number of ether oxygens (including phenoxy) is 1. The first-order valence-electron chi connectivity index (χ1n) is 9.25. The number of nitrogens with one attached hydrogen (secondary N) is 3. The number of methoxy groups -OCH3 is 1. The van der Waals surface area contributed by atoms with Gasteiger partial charge in [0.1, 0.15) is 18.7 Å². The maximum absolute atomic E-state index is 12.8. The number of carbonyl (C=O) groups is 4. The number of piperazine rings is 1. The van der Waals surface area contributed by atoms with Crippen LogP contribution in [-0.2, 0) is 19.1 Å². The number of hydrogen-bond donors (Lipinski definition) is 3. The van der Waals surface area contributed by atoms with Crippen molar-refractivity contribution < 1.29 is 23.9 Å². The van der Waals surface area contributed by atoms with Gasteiger partial charge in [-0.15, -0.1) is 0 Å². The van der Waals surface area contributed by atoms with Gasteiger partial charge in [0.15, 0.2) is 0 Å². The third-order valence-corrected chi connectivity index (χ3v) is 4.57. The van der Waals surface area contributed by atoms with Crippen LogP contribution in [0.1, 0.15) is 26.7 Å². The molecular formula is C17H29N5O5. The fraction of sp³-hybridized carbons (Fsp3) is 0.765. The molecule has 0 aliphatic carbocycles. The van der Waals surface area contributed by atoms with Crippen molar-refractivity contribution >= 4 is 23.8 Å². The van der Waals surface area contributed by atoms with Gasteiger partial charge in [0.25, 0.3) is 0 Å². The second kappa shape index (κ2) is 9.54. The Morgan fingerprint density at radius 3 is 2.67 bits per heavy atom. The highest BCUT2D eigenvalue weighted by atomic mass is 16.5. The van der Waals surface area contributed by atoms with Crippen molar-refractivity contribution in [2.75, 3.05) is 39.9 Å². The molecule has 10 heteroatoms. The molecule has 2 aliphatic heterocycles. The van der Waals surface area contributed by atoms with E-state index in [0.29, 0.717) is 19.5 Å². The van der Waals surface area contributed by atoms with Gasteiger partial charge in [-0.1, -0.05) is 0 Å². The van der Waals surface area contributed by atoms with Crippen molar-refractivity contribution in [3.8, 4) is 0 Å². The molecule has 2 atom stereocenters. The minimum absolute atomic E-state index is 0.0381. The first-order valence-corrected chi connectivity index (χ1v) is 9.25. The van der Waals surface area contributed by atoms with Gasteiger partial charge in [0.2, 0.25) is 17.7 Å². The molecular weight excluding hydrogens is 354 g/mol. The minimum Gasteiger partial charge on any atom is -0.375 e. The Hall–Kier alpha value is -2.36. The smallest absolute Gasteiger partial charge is 0.317 e. The standard InChI is InChI=1S/C17H29N5O5/c1-11(2)19-17(26)21-7-8-22(14(23)10-27-3)13(9-21)16(25)20-12-5-4-6-18-15(12)24/h11-13H,4-10H2,1-3H3,(H,18,24)(H,19,26)(H,20,25). The quantitative estimate of drug-likeness (QED) is 0.543. The van der Waals surface area contributed by atoms with Crippen molar-refractivity contribution in [2.24, 2.45) is 0 Å². The van der Waals surface area contributed by atoms with Gasteiger partial charge in [0.05, 0.1) is 6.54 Å². The van der Waals surface area contributed by atoms with Crippen molar-refractivity contribution in [1.82, 2.24) is 25.8 Å². The summed E-state index contributed by atoms with van der Waals surface area (Å²) < 4.78 is 4.90. The van der Waals surface area contributed by atoms with Crippen LogP contribution in [0.15, 0.2) is 0 Å². The number of amides is 5. The first kappa shape index (κ1) is 20.9. The monoisotopic (exact) mass is 383 g/mol. The van der Waals surface area contributed by atoms with E-state index in [1.165, 1.54) is 16.9 Å². The summed E-state index contributed by atoms with van der Waals surface area (Å²) in [6.07, 6.45) is 1.32. The fourth-order valence-electron chi connectivity index (χ4n) is 3.21. The molecule has 2 heterocycles. The van der Waals surface area contributed by atoms with E-state index < -0.39 is 18.0 Å². The molecule has 2 fully saturated rings. The zero-order valence-corrected chi connectivity index (χ0v) is 16.1. The fourth-order valence-corrected chi connectivity index (χ4v) is 3.21. The molecule has 0 bridgehead atoms. The summed E-state index contributed by atoms with van der Waals surface area (Å²) >= 11 is 0. The van der Waals surface area contributed by atoms with E-state index in [1.807, 2.05) is 13.8 Å². The van der Waals surface area contributed by atoms with Crippen LogP contribution in [0.25, 0.3) is 0 Å². The Bertz CT molecular complexity index is 582. The van der Waals surface area contributed by atoms with E-state index in [0.717, 1.165) is 6.42 Å². The molecule has 10 nitrogen and oxygen atoms in total. The van der Waals surface area contributed by atoms with Crippen molar-refractivity contribution in [3.63, 3.8) is 0 Å². The second-order valence-corrected chi connectivity index (χ2v) is 7.08. The summed E-state index contributed by atoms with van der Waals surface area (Å²) in [6, 6.07) is -1.81. The van der Waals surface area contributed by atoms with Gasteiger partial charge in [-0.3, -0.25) is 14.4 Å². The van der Waals surface area contributed by atoms with Gasteiger partial charge >= 0.3 is 6.03 Å². The van der Waals surface area contributed by atoms with Gasteiger partial charge in [-0.25, -0.2) is 4.79 Å². The predicted molar refractivity (Wildman–Crippen MR) is 96.8 cm³/mol. The summed E-state index contributed by atoms with van der Waals surface area (Å²) in [6.45, 7) is 4.75. The van der Waals surface area contributed by atoms with E-state index in [9.17, 15) is 19.2 Å². The topological polar surface area (TPSA) is 120 Å². The molecule has 0 saturated carbocycles. The van der Waals surface area contributed by atoms with Crippen LogP contribution >= 0.6 is 0 Å². The van der Waals surface area contributed by atoms with Crippen LogP contribution < -0.4 is 16.0 Å². The van der Waals surface area contributed by atoms with E-state index in [-0.39, 0.29) is 43.6 Å². The highest BCUT2D eigenvalue weighted by Crippen LogP contribution is 2.13. The molecule has 0 spiro atoms.